The van der Waals surface area contributed by atoms with Crippen molar-refractivity contribution in [1.82, 2.24) is 10.2 Å². The van der Waals surface area contributed by atoms with Crippen LogP contribution < -0.4 is 10.2 Å². The SMILES string of the molecule is CN=C(NCC1CCOC1)N1CCN(c2cccc(Cl)c2)CC1.I. The normalized spacial score (nSPS) is 21.6. The minimum Gasteiger partial charge on any atom is -0.381 e. The van der Waals surface area contributed by atoms with E-state index in [0.29, 0.717) is 5.92 Å². The van der Waals surface area contributed by atoms with Crippen LogP contribution in [0.3, 0.4) is 0 Å². The van der Waals surface area contributed by atoms with Crippen molar-refractivity contribution >= 4 is 47.2 Å². The van der Waals surface area contributed by atoms with E-state index in [0.717, 1.165) is 63.3 Å². The Balaban J connectivity index is 0.00000208. The minimum atomic E-state index is 0. The first-order chi connectivity index (χ1) is 11.3. The molecule has 1 unspecified atom stereocenters. The van der Waals surface area contributed by atoms with E-state index in [2.05, 4.69) is 26.2 Å². The highest BCUT2D eigenvalue weighted by molar-refractivity contribution is 14.0. The lowest BCUT2D eigenvalue weighted by atomic mass is 10.1. The van der Waals surface area contributed by atoms with Gasteiger partial charge >= 0.3 is 0 Å². The maximum absolute atomic E-state index is 6.09. The Morgan fingerprint density at radius 1 is 1.33 bits per heavy atom. The number of ether oxygens (including phenoxy) is 1. The molecule has 2 fully saturated rings. The molecule has 0 aromatic heterocycles. The Labute approximate surface area is 166 Å². The first kappa shape index (κ1) is 19.6. The number of piperazine rings is 1. The molecule has 24 heavy (non-hydrogen) atoms. The van der Waals surface area contributed by atoms with Crippen molar-refractivity contribution in [3.8, 4) is 0 Å². The van der Waals surface area contributed by atoms with Gasteiger partial charge in [0.2, 0.25) is 0 Å². The largest absolute Gasteiger partial charge is 0.381 e. The molecule has 7 heteroatoms. The third kappa shape index (κ3) is 5.13. The Morgan fingerprint density at radius 2 is 2.12 bits per heavy atom. The molecular weight excluding hydrogens is 439 g/mol. The zero-order valence-corrected chi connectivity index (χ0v) is 17.2. The maximum atomic E-state index is 6.09. The van der Waals surface area contributed by atoms with Gasteiger partial charge < -0.3 is 19.9 Å². The van der Waals surface area contributed by atoms with Crippen molar-refractivity contribution in [3.63, 3.8) is 0 Å². The van der Waals surface area contributed by atoms with E-state index in [1.54, 1.807) is 0 Å². The first-order valence-corrected chi connectivity index (χ1v) is 8.68. The summed E-state index contributed by atoms with van der Waals surface area (Å²) in [6.45, 7) is 6.60. The van der Waals surface area contributed by atoms with Crippen LogP contribution in [-0.2, 0) is 4.74 Å². The number of benzene rings is 1. The number of aliphatic imine (C=N–C) groups is 1. The fourth-order valence-corrected chi connectivity index (χ4v) is 3.35. The highest BCUT2D eigenvalue weighted by Gasteiger charge is 2.21. The summed E-state index contributed by atoms with van der Waals surface area (Å²) in [5.41, 5.74) is 1.20. The van der Waals surface area contributed by atoms with Crippen LogP contribution in [0.25, 0.3) is 0 Å². The van der Waals surface area contributed by atoms with Crippen LogP contribution >= 0.6 is 35.6 Å². The number of guanidine groups is 1. The van der Waals surface area contributed by atoms with Crippen LogP contribution in [0, 0.1) is 5.92 Å². The average Bonchev–Trinajstić information content (AvgIpc) is 3.09. The molecule has 1 aromatic rings. The average molecular weight is 465 g/mol. The van der Waals surface area contributed by atoms with Crippen LogP contribution in [0.1, 0.15) is 6.42 Å². The predicted molar refractivity (Wildman–Crippen MR) is 111 cm³/mol. The van der Waals surface area contributed by atoms with Crippen molar-refractivity contribution < 1.29 is 4.74 Å². The van der Waals surface area contributed by atoms with Gasteiger partial charge in [-0.3, -0.25) is 4.99 Å². The second-order valence-electron chi connectivity index (χ2n) is 6.11. The molecule has 2 saturated heterocycles. The number of anilines is 1. The van der Waals surface area contributed by atoms with Crippen LogP contribution in [0.4, 0.5) is 5.69 Å². The topological polar surface area (TPSA) is 40.1 Å². The van der Waals surface area contributed by atoms with Gasteiger partial charge in [-0.2, -0.15) is 0 Å². The van der Waals surface area contributed by atoms with Gasteiger partial charge in [-0.25, -0.2) is 0 Å². The molecule has 3 rings (SSSR count). The summed E-state index contributed by atoms with van der Waals surface area (Å²) in [7, 11) is 1.86. The van der Waals surface area contributed by atoms with Gasteiger partial charge in [-0.15, -0.1) is 24.0 Å². The molecule has 0 radical (unpaired) electrons. The quantitative estimate of drug-likeness (QED) is 0.424. The van der Waals surface area contributed by atoms with Crippen molar-refractivity contribution in [2.45, 2.75) is 6.42 Å². The number of rotatable bonds is 3. The first-order valence-electron chi connectivity index (χ1n) is 8.30. The standard InChI is InChI=1S/C17H25ClN4O.HI/c1-19-17(20-12-14-5-10-23-13-14)22-8-6-21(7-9-22)16-4-2-3-15(18)11-16;/h2-4,11,14H,5-10,12-13H2,1H3,(H,19,20);1H. The molecular formula is C17H26ClIN4O. The van der Waals surface area contributed by atoms with Crippen molar-refractivity contribution in [1.29, 1.82) is 0 Å². The fourth-order valence-electron chi connectivity index (χ4n) is 3.16. The predicted octanol–water partition coefficient (Wildman–Crippen LogP) is 2.69. The second kappa shape index (κ2) is 9.68. The van der Waals surface area contributed by atoms with E-state index in [1.807, 2.05) is 25.2 Å². The third-order valence-corrected chi connectivity index (χ3v) is 4.77. The minimum absolute atomic E-state index is 0. The van der Waals surface area contributed by atoms with Crippen molar-refractivity contribution in [2.75, 3.05) is 57.9 Å². The van der Waals surface area contributed by atoms with E-state index in [1.165, 1.54) is 5.69 Å². The lowest BCUT2D eigenvalue weighted by Gasteiger charge is -2.38. The molecule has 2 heterocycles. The summed E-state index contributed by atoms with van der Waals surface area (Å²) < 4.78 is 5.43. The molecule has 134 valence electrons. The smallest absolute Gasteiger partial charge is 0.193 e. The summed E-state index contributed by atoms with van der Waals surface area (Å²) in [4.78, 5) is 9.14. The number of nitrogens with one attached hydrogen (secondary N) is 1. The van der Waals surface area contributed by atoms with Gasteiger partial charge in [0, 0.05) is 63.0 Å². The molecule has 0 amide bonds. The zero-order chi connectivity index (χ0) is 16.1. The summed E-state index contributed by atoms with van der Waals surface area (Å²) in [6.07, 6.45) is 1.15. The molecule has 0 spiro atoms. The summed E-state index contributed by atoms with van der Waals surface area (Å²) >= 11 is 6.09. The highest BCUT2D eigenvalue weighted by Crippen LogP contribution is 2.20. The Kier molecular flexibility index (Phi) is 7.90. The van der Waals surface area contributed by atoms with E-state index in [4.69, 9.17) is 16.3 Å². The van der Waals surface area contributed by atoms with Gasteiger partial charge in [-0.1, -0.05) is 17.7 Å². The molecule has 0 saturated carbocycles. The van der Waals surface area contributed by atoms with E-state index < -0.39 is 0 Å². The van der Waals surface area contributed by atoms with E-state index >= 15 is 0 Å². The molecule has 0 bridgehead atoms. The molecule has 1 atom stereocenters. The molecule has 2 aliphatic heterocycles. The lowest BCUT2D eigenvalue weighted by Crippen LogP contribution is -2.53. The summed E-state index contributed by atoms with van der Waals surface area (Å²) in [6, 6.07) is 8.08. The second-order valence-corrected chi connectivity index (χ2v) is 6.55. The molecule has 2 aliphatic rings. The lowest BCUT2D eigenvalue weighted by molar-refractivity contribution is 0.186. The van der Waals surface area contributed by atoms with Crippen molar-refractivity contribution in [3.05, 3.63) is 29.3 Å². The van der Waals surface area contributed by atoms with Gasteiger partial charge in [0.1, 0.15) is 0 Å². The molecule has 5 nitrogen and oxygen atoms in total. The summed E-state index contributed by atoms with van der Waals surface area (Å²) in [5, 5.41) is 4.29. The number of hydrogen-bond donors (Lipinski definition) is 1. The molecule has 1 N–H and O–H groups in total. The van der Waals surface area contributed by atoms with E-state index in [9.17, 15) is 0 Å². The Morgan fingerprint density at radius 3 is 2.75 bits per heavy atom. The third-order valence-electron chi connectivity index (χ3n) is 4.54. The number of hydrogen-bond acceptors (Lipinski definition) is 3. The summed E-state index contributed by atoms with van der Waals surface area (Å²) in [5.74, 6) is 1.61. The number of nitrogens with zero attached hydrogens (tertiary/aromatic N) is 3. The van der Waals surface area contributed by atoms with Crippen molar-refractivity contribution in [2.24, 2.45) is 10.9 Å². The van der Waals surface area contributed by atoms with Gasteiger partial charge in [0.25, 0.3) is 0 Å². The molecule has 1 aromatic carbocycles. The van der Waals surface area contributed by atoms with Gasteiger partial charge in [-0.05, 0) is 24.6 Å². The highest BCUT2D eigenvalue weighted by atomic mass is 127. The van der Waals surface area contributed by atoms with Crippen LogP contribution in [-0.4, -0.2) is 63.8 Å². The van der Waals surface area contributed by atoms with Crippen LogP contribution in [0.5, 0.6) is 0 Å². The maximum Gasteiger partial charge on any atom is 0.193 e. The van der Waals surface area contributed by atoms with Crippen LogP contribution in [0.15, 0.2) is 29.3 Å². The number of halogens is 2. The van der Waals surface area contributed by atoms with Crippen LogP contribution in [0.2, 0.25) is 5.02 Å². The molecule has 0 aliphatic carbocycles. The van der Waals surface area contributed by atoms with Gasteiger partial charge in [0.15, 0.2) is 5.96 Å². The van der Waals surface area contributed by atoms with E-state index in [-0.39, 0.29) is 24.0 Å². The van der Waals surface area contributed by atoms with Gasteiger partial charge in [0.05, 0.1) is 6.61 Å². The zero-order valence-electron chi connectivity index (χ0n) is 14.1. The monoisotopic (exact) mass is 464 g/mol. The fraction of sp³-hybridized carbons (Fsp3) is 0.588. The Bertz CT molecular complexity index is 543. The Hall–Kier alpha value is -0.730.